The fourth-order valence-corrected chi connectivity index (χ4v) is 4.82. The Labute approximate surface area is 176 Å². The summed E-state index contributed by atoms with van der Waals surface area (Å²) in [5, 5.41) is 1.17. The molecule has 2 heterocycles. The van der Waals surface area contributed by atoms with E-state index in [2.05, 4.69) is 60.4 Å². The summed E-state index contributed by atoms with van der Waals surface area (Å²) in [7, 11) is 0. The standard InChI is InChI=1S/C27H22N2O/c1-18-22-15-16-29(26-14-11-19-7-5-6-10-23(19)26)27(22)24-17-21(12-13-25(24)28-18)30-20-8-3-2-4-9-20/h2-14,17,26H,15-16H2,1H3/t26-/m0/s1. The van der Waals surface area contributed by atoms with E-state index in [1.54, 1.807) is 0 Å². The number of aromatic nitrogens is 1. The Morgan fingerprint density at radius 2 is 1.77 bits per heavy atom. The molecule has 3 nitrogen and oxygen atoms in total. The number of hydrogen-bond acceptors (Lipinski definition) is 3. The van der Waals surface area contributed by atoms with E-state index >= 15 is 0 Å². The van der Waals surface area contributed by atoms with Gasteiger partial charge in [-0.25, -0.2) is 0 Å². The molecule has 1 aromatic heterocycles. The lowest BCUT2D eigenvalue weighted by molar-refractivity contribution is 0.483. The van der Waals surface area contributed by atoms with Crippen molar-refractivity contribution in [3.05, 3.63) is 101 Å². The summed E-state index contributed by atoms with van der Waals surface area (Å²) in [6.45, 7) is 3.14. The molecule has 0 saturated heterocycles. The predicted octanol–water partition coefficient (Wildman–Crippen LogP) is 6.47. The molecule has 1 aliphatic carbocycles. The highest BCUT2D eigenvalue weighted by Crippen LogP contribution is 2.45. The first-order valence-electron chi connectivity index (χ1n) is 10.5. The minimum Gasteiger partial charge on any atom is -0.457 e. The second-order valence-corrected chi connectivity index (χ2v) is 7.99. The second kappa shape index (κ2) is 6.74. The molecule has 0 saturated carbocycles. The molecule has 0 radical (unpaired) electrons. The summed E-state index contributed by atoms with van der Waals surface area (Å²) < 4.78 is 6.13. The van der Waals surface area contributed by atoms with Gasteiger partial charge in [-0.05, 0) is 60.4 Å². The Morgan fingerprint density at radius 1 is 0.933 bits per heavy atom. The number of para-hydroxylation sites is 1. The molecule has 3 heteroatoms. The first-order chi connectivity index (χ1) is 14.8. The summed E-state index contributed by atoms with van der Waals surface area (Å²) in [5.41, 5.74) is 7.52. The Kier molecular flexibility index (Phi) is 3.88. The number of nitrogens with zero attached hydrogens (tertiary/aromatic N) is 2. The van der Waals surface area contributed by atoms with Crippen LogP contribution >= 0.6 is 0 Å². The number of benzene rings is 3. The van der Waals surface area contributed by atoms with Crippen LogP contribution in [0.1, 0.15) is 28.4 Å². The number of pyridine rings is 1. The molecule has 0 amide bonds. The average Bonchev–Trinajstić information content (AvgIpc) is 3.40. The van der Waals surface area contributed by atoms with Crippen molar-refractivity contribution in [2.45, 2.75) is 19.4 Å². The molecule has 30 heavy (non-hydrogen) atoms. The van der Waals surface area contributed by atoms with Crippen molar-refractivity contribution in [3.63, 3.8) is 0 Å². The highest BCUT2D eigenvalue weighted by molar-refractivity contribution is 5.96. The number of anilines is 1. The van der Waals surface area contributed by atoms with Crippen molar-refractivity contribution in [1.29, 1.82) is 0 Å². The summed E-state index contributed by atoms with van der Waals surface area (Å²) in [4.78, 5) is 7.44. The van der Waals surface area contributed by atoms with Crippen LogP contribution in [0.3, 0.4) is 0 Å². The van der Waals surface area contributed by atoms with Crippen molar-refractivity contribution >= 4 is 22.7 Å². The van der Waals surface area contributed by atoms with Crippen LogP contribution in [0.4, 0.5) is 5.69 Å². The van der Waals surface area contributed by atoms with Gasteiger partial charge >= 0.3 is 0 Å². The van der Waals surface area contributed by atoms with Crippen LogP contribution in [0.2, 0.25) is 0 Å². The molecule has 1 atom stereocenters. The predicted molar refractivity (Wildman–Crippen MR) is 122 cm³/mol. The highest BCUT2D eigenvalue weighted by atomic mass is 16.5. The van der Waals surface area contributed by atoms with Gasteiger partial charge in [0.2, 0.25) is 0 Å². The number of fused-ring (bicyclic) bond motifs is 4. The molecule has 0 spiro atoms. The normalized spacial score (nSPS) is 16.7. The van der Waals surface area contributed by atoms with Crippen molar-refractivity contribution in [2.24, 2.45) is 0 Å². The Morgan fingerprint density at radius 3 is 2.67 bits per heavy atom. The summed E-state index contributed by atoms with van der Waals surface area (Å²) >= 11 is 0. The van der Waals surface area contributed by atoms with Gasteiger partial charge in [-0.1, -0.05) is 54.6 Å². The molecule has 0 N–H and O–H groups in total. The van der Waals surface area contributed by atoms with Gasteiger partial charge in [0.05, 0.1) is 17.2 Å². The third-order valence-electron chi connectivity index (χ3n) is 6.21. The fourth-order valence-electron chi connectivity index (χ4n) is 4.82. The zero-order chi connectivity index (χ0) is 20.1. The van der Waals surface area contributed by atoms with E-state index in [1.807, 2.05) is 36.4 Å². The topological polar surface area (TPSA) is 25.4 Å². The summed E-state index contributed by atoms with van der Waals surface area (Å²) in [6, 6.07) is 25.1. The van der Waals surface area contributed by atoms with E-state index in [9.17, 15) is 0 Å². The first-order valence-corrected chi connectivity index (χ1v) is 10.5. The van der Waals surface area contributed by atoms with Crippen LogP contribution in [0.25, 0.3) is 17.0 Å². The van der Waals surface area contributed by atoms with E-state index in [4.69, 9.17) is 9.72 Å². The molecule has 0 bridgehead atoms. The van der Waals surface area contributed by atoms with E-state index in [0.29, 0.717) is 0 Å². The lowest BCUT2D eigenvalue weighted by atomic mass is 10.0. The molecule has 0 unspecified atom stereocenters. The fraction of sp³-hybridized carbons (Fsp3) is 0.148. The number of rotatable bonds is 3. The quantitative estimate of drug-likeness (QED) is 0.401. The van der Waals surface area contributed by atoms with Gasteiger partial charge in [0.25, 0.3) is 0 Å². The molecular formula is C27H22N2O. The maximum atomic E-state index is 6.13. The molecule has 1 aliphatic heterocycles. The van der Waals surface area contributed by atoms with Crippen molar-refractivity contribution in [3.8, 4) is 11.5 Å². The van der Waals surface area contributed by atoms with Crippen LogP contribution in [0.15, 0.2) is 78.9 Å². The van der Waals surface area contributed by atoms with Crippen LogP contribution in [-0.2, 0) is 6.42 Å². The van der Waals surface area contributed by atoms with Gasteiger partial charge in [0.1, 0.15) is 11.5 Å². The molecule has 3 aromatic carbocycles. The van der Waals surface area contributed by atoms with Crippen LogP contribution in [-0.4, -0.2) is 11.5 Å². The number of ether oxygens (including phenoxy) is 1. The van der Waals surface area contributed by atoms with Crippen molar-refractivity contribution in [2.75, 3.05) is 11.4 Å². The summed E-state index contributed by atoms with van der Waals surface area (Å²) in [6.07, 6.45) is 5.60. The van der Waals surface area contributed by atoms with Gasteiger partial charge in [0.15, 0.2) is 0 Å². The zero-order valence-corrected chi connectivity index (χ0v) is 16.9. The minimum absolute atomic E-state index is 0.270. The van der Waals surface area contributed by atoms with Gasteiger partial charge in [-0.3, -0.25) is 4.98 Å². The lowest BCUT2D eigenvalue weighted by Crippen LogP contribution is -2.24. The second-order valence-electron chi connectivity index (χ2n) is 7.99. The molecule has 0 fully saturated rings. The van der Waals surface area contributed by atoms with Crippen molar-refractivity contribution in [1.82, 2.24) is 4.98 Å². The molecular weight excluding hydrogens is 368 g/mol. The Balaban J connectivity index is 1.48. The molecule has 2 aliphatic rings. The average molecular weight is 390 g/mol. The van der Waals surface area contributed by atoms with E-state index < -0.39 is 0 Å². The smallest absolute Gasteiger partial charge is 0.128 e. The minimum atomic E-state index is 0.270. The van der Waals surface area contributed by atoms with Gasteiger partial charge in [-0.2, -0.15) is 0 Å². The maximum Gasteiger partial charge on any atom is 0.128 e. The highest BCUT2D eigenvalue weighted by Gasteiger charge is 2.32. The first kappa shape index (κ1) is 17.3. The van der Waals surface area contributed by atoms with E-state index in [1.165, 1.54) is 27.8 Å². The molecule has 146 valence electrons. The van der Waals surface area contributed by atoms with Gasteiger partial charge in [-0.15, -0.1) is 0 Å². The lowest BCUT2D eigenvalue weighted by Gasteiger charge is -2.28. The molecule has 4 aromatic rings. The van der Waals surface area contributed by atoms with Crippen LogP contribution in [0.5, 0.6) is 11.5 Å². The van der Waals surface area contributed by atoms with Gasteiger partial charge in [0, 0.05) is 17.6 Å². The summed E-state index contributed by atoms with van der Waals surface area (Å²) in [5.74, 6) is 1.69. The van der Waals surface area contributed by atoms with Gasteiger partial charge < -0.3 is 9.64 Å². The number of aryl methyl sites for hydroxylation is 1. The number of hydrogen-bond donors (Lipinski definition) is 0. The van der Waals surface area contributed by atoms with E-state index in [-0.39, 0.29) is 6.04 Å². The third-order valence-corrected chi connectivity index (χ3v) is 6.21. The van der Waals surface area contributed by atoms with Crippen molar-refractivity contribution < 1.29 is 4.74 Å². The SMILES string of the molecule is Cc1nc2ccc(Oc3ccccc3)cc2c2c1CCN2[C@H]1C=Cc2ccccc21. The van der Waals surface area contributed by atoms with E-state index in [0.717, 1.165) is 35.7 Å². The van der Waals surface area contributed by atoms with Crippen LogP contribution in [0, 0.1) is 6.92 Å². The Hall–Kier alpha value is -3.59. The zero-order valence-electron chi connectivity index (χ0n) is 16.9. The maximum absolute atomic E-state index is 6.13. The molecule has 6 rings (SSSR count). The monoisotopic (exact) mass is 390 g/mol. The van der Waals surface area contributed by atoms with Crippen LogP contribution < -0.4 is 9.64 Å². The largest absolute Gasteiger partial charge is 0.457 e. The Bertz CT molecular complexity index is 1290. The third kappa shape index (κ3) is 2.70.